The topological polar surface area (TPSA) is 52.4 Å². The largest absolute Gasteiger partial charge is 0.487 e. The Balaban J connectivity index is 2.27. The minimum absolute atomic E-state index is 0.0387. The molecule has 0 amide bonds. The molecule has 0 spiro atoms. The third-order valence-electron chi connectivity index (χ3n) is 2.81. The molecule has 4 nitrogen and oxygen atoms in total. The predicted octanol–water partition coefficient (Wildman–Crippen LogP) is 5.59. The van der Waals surface area contributed by atoms with E-state index in [1.807, 2.05) is 18.2 Å². The summed E-state index contributed by atoms with van der Waals surface area (Å²) in [4.78, 5) is 10.7. The molecule has 2 rings (SSSR count). The molecule has 0 fully saturated rings. The maximum absolute atomic E-state index is 11.1. The average Bonchev–Trinajstić information content (AvgIpc) is 2.46. The molecule has 0 heterocycles. The molecule has 0 aliphatic carbocycles. The van der Waals surface area contributed by atoms with Gasteiger partial charge in [-0.25, -0.2) is 0 Å². The van der Waals surface area contributed by atoms with Crippen molar-refractivity contribution >= 4 is 53.5 Å². The zero-order chi connectivity index (χ0) is 15.4. The second-order valence-electron chi connectivity index (χ2n) is 4.18. The van der Waals surface area contributed by atoms with Crippen LogP contribution in [0.25, 0.3) is 0 Å². The van der Waals surface area contributed by atoms with Gasteiger partial charge < -0.3 is 4.74 Å². The number of nitrogens with zero attached hydrogens (tertiary/aromatic N) is 1. The number of ether oxygens (including phenoxy) is 1. The number of benzene rings is 2. The molecule has 0 saturated carbocycles. The summed E-state index contributed by atoms with van der Waals surface area (Å²) in [6.45, 7) is 0.131. The number of hydrogen-bond acceptors (Lipinski definition) is 3. The Hall–Kier alpha value is -0.920. The van der Waals surface area contributed by atoms with E-state index in [2.05, 4.69) is 47.8 Å². The van der Waals surface area contributed by atoms with Crippen molar-refractivity contribution in [3.63, 3.8) is 0 Å². The normalized spacial score (nSPS) is 10.4. The van der Waals surface area contributed by atoms with Gasteiger partial charge in [-0.05, 0) is 34.1 Å². The second-order valence-corrected chi connectivity index (χ2v) is 6.51. The van der Waals surface area contributed by atoms with Gasteiger partial charge in [0.1, 0.15) is 12.4 Å². The first-order chi connectivity index (χ1) is 10.0. The molecule has 0 bridgehead atoms. The lowest BCUT2D eigenvalue weighted by Crippen LogP contribution is -2.02. The van der Waals surface area contributed by atoms with Gasteiger partial charge in [-0.2, -0.15) is 0 Å². The predicted molar refractivity (Wildman–Crippen MR) is 91.9 cm³/mol. The Labute approximate surface area is 147 Å². The summed E-state index contributed by atoms with van der Waals surface area (Å²) in [5, 5.41) is 11.7. The minimum atomic E-state index is -0.408. The monoisotopic (exact) mass is 477 g/mol. The highest BCUT2D eigenvalue weighted by Crippen LogP contribution is 2.32. The Morgan fingerprint density at radius 1 is 1.14 bits per heavy atom. The fourth-order valence-electron chi connectivity index (χ4n) is 1.80. The van der Waals surface area contributed by atoms with Gasteiger partial charge in [0.2, 0.25) is 0 Å². The van der Waals surface area contributed by atoms with E-state index in [4.69, 9.17) is 4.74 Å². The Morgan fingerprint density at radius 2 is 1.90 bits per heavy atom. The van der Waals surface area contributed by atoms with Crippen LogP contribution in [0.2, 0.25) is 0 Å². The van der Waals surface area contributed by atoms with Crippen LogP contribution in [0, 0.1) is 10.1 Å². The van der Waals surface area contributed by atoms with E-state index in [-0.39, 0.29) is 12.3 Å². The second kappa shape index (κ2) is 7.38. The standard InChI is InChI=1S/C14H10Br3NO3/c15-7-9-2-1-3-12(17)14(9)21-8-10-4-5-11(16)6-13(10)18(19)20/h1-6H,7-8H2. The van der Waals surface area contributed by atoms with E-state index in [1.165, 1.54) is 6.07 Å². The van der Waals surface area contributed by atoms with E-state index in [0.29, 0.717) is 21.1 Å². The quantitative estimate of drug-likeness (QED) is 0.319. The summed E-state index contributed by atoms with van der Waals surface area (Å²) >= 11 is 10.1. The van der Waals surface area contributed by atoms with Crippen molar-refractivity contribution in [2.75, 3.05) is 0 Å². The van der Waals surface area contributed by atoms with Crippen LogP contribution in [0.1, 0.15) is 11.1 Å². The van der Waals surface area contributed by atoms with Crippen LogP contribution in [0.4, 0.5) is 5.69 Å². The molecule has 0 unspecified atom stereocenters. The van der Waals surface area contributed by atoms with Gasteiger partial charge in [-0.3, -0.25) is 10.1 Å². The molecule has 7 heteroatoms. The molecular weight excluding hydrogens is 470 g/mol. The molecule has 0 N–H and O–H groups in total. The fourth-order valence-corrected chi connectivity index (χ4v) is 3.11. The van der Waals surface area contributed by atoms with Gasteiger partial charge >= 0.3 is 0 Å². The van der Waals surface area contributed by atoms with Crippen LogP contribution >= 0.6 is 47.8 Å². The fraction of sp³-hybridized carbons (Fsp3) is 0.143. The van der Waals surface area contributed by atoms with E-state index >= 15 is 0 Å². The van der Waals surface area contributed by atoms with Crippen LogP contribution < -0.4 is 4.74 Å². The lowest BCUT2D eigenvalue weighted by molar-refractivity contribution is -0.385. The maximum Gasteiger partial charge on any atom is 0.277 e. The number of alkyl halides is 1. The lowest BCUT2D eigenvalue weighted by Gasteiger charge is -2.12. The van der Waals surface area contributed by atoms with Gasteiger partial charge in [0.05, 0.1) is 15.0 Å². The zero-order valence-electron chi connectivity index (χ0n) is 10.7. The van der Waals surface area contributed by atoms with Crippen molar-refractivity contribution in [1.29, 1.82) is 0 Å². The molecule has 0 radical (unpaired) electrons. The van der Waals surface area contributed by atoms with E-state index in [0.717, 1.165) is 10.0 Å². The number of nitro benzene ring substituents is 1. The SMILES string of the molecule is O=[N+]([O-])c1cc(Br)ccc1COc1c(Br)cccc1CBr. The van der Waals surface area contributed by atoms with Gasteiger partial charge in [-0.15, -0.1) is 0 Å². The maximum atomic E-state index is 11.1. The number of halogens is 3. The summed E-state index contributed by atoms with van der Waals surface area (Å²) in [5.74, 6) is 0.687. The first-order valence-corrected chi connectivity index (χ1v) is 8.62. The van der Waals surface area contributed by atoms with Crippen LogP contribution in [-0.4, -0.2) is 4.92 Å². The molecule has 21 heavy (non-hydrogen) atoms. The third-order valence-corrected chi connectivity index (χ3v) is 4.53. The lowest BCUT2D eigenvalue weighted by atomic mass is 10.2. The first kappa shape index (κ1) is 16.5. The molecule has 0 atom stereocenters. The van der Waals surface area contributed by atoms with Crippen LogP contribution in [0.5, 0.6) is 5.75 Å². The summed E-state index contributed by atoms with van der Waals surface area (Å²) in [6.07, 6.45) is 0. The molecule has 2 aromatic carbocycles. The van der Waals surface area contributed by atoms with E-state index < -0.39 is 4.92 Å². The van der Waals surface area contributed by atoms with Gasteiger partial charge in [0.15, 0.2) is 0 Å². The molecule has 0 saturated heterocycles. The van der Waals surface area contributed by atoms with Crippen molar-refractivity contribution in [3.8, 4) is 5.75 Å². The molecule has 110 valence electrons. The molecule has 0 aliphatic rings. The first-order valence-electron chi connectivity index (χ1n) is 5.92. The van der Waals surface area contributed by atoms with E-state index in [1.54, 1.807) is 12.1 Å². The van der Waals surface area contributed by atoms with Crippen molar-refractivity contribution < 1.29 is 9.66 Å². The van der Waals surface area contributed by atoms with E-state index in [9.17, 15) is 10.1 Å². The molecule has 0 aliphatic heterocycles. The van der Waals surface area contributed by atoms with Crippen LogP contribution in [0.15, 0.2) is 45.3 Å². The van der Waals surface area contributed by atoms with Crippen LogP contribution in [0.3, 0.4) is 0 Å². The van der Waals surface area contributed by atoms with Crippen molar-refractivity contribution in [1.82, 2.24) is 0 Å². The summed E-state index contributed by atoms with van der Waals surface area (Å²) in [5.41, 5.74) is 1.54. The van der Waals surface area contributed by atoms with Crippen molar-refractivity contribution in [2.45, 2.75) is 11.9 Å². The van der Waals surface area contributed by atoms with Gasteiger partial charge in [0.25, 0.3) is 5.69 Å². The highest BCUT2D eigenvalue weighted by molar-refractivity contribution is 9.11. The van der Waals surface area contributed by atoms with Crippen LogP contribution in [-0.2, 0) is 11.9 Å². The number of para-hydroxylation sites is 1. The number of rotatable bonds is 5. The van der Waals surface area contributed by atoms with Crippen molar-refractivity contribution in [3.05, 3.63) is 66.6 Å². The van der Waals surface area contributed by atoms with Gasteiger partial charge in [0, 0.05) is 21.4 Å². The Morgan fingerprint density at radius 3 is 2.57 bits per heavy atom. The Bertz CT molecular complexity index is 677. The highest BCUT2D eigenvalue weighted by atomic mass is 79.9. The zero-order valence-corrected chi connectivity index (χ0v) is 15.4. The van der Waals surface area contributed by atoms with Gasteiger partial charge in [-0.1, -0.05) is 44.0 Å². The number of nitro groups is 1. The molecule has 2 aromatic rings. The molecule has 0 aromatic heterocycles. The summed E-state index contributed by atoms with van der Waals surface area (Å²) in [6, 6.07) is 10.6. The molecular formula is C14H10Br3NO3. The average molecular weight is 480 g/mol. The third kappa shape index (κ3) is 4.05. The summed E-state index contributed by atoms with van der Waals surface area (Å²) < 4.78 is 7.26. The van der Waals surface area contributed by atoms with Crippen molar-refractivity contribution in [2.24, 2.45) is 0 Å². The number of hydrogen-bond donors (Lipinski definition) is 0. The smallest absolute Gasteiger partial charge is 0.277 e. The highest BCUT2D eigenvalue weighted by Gasteiger charge is 2.16. The minimum Gasteiger partial charge on any atom is -0.487 e. The Kier molecular flexibility index (Phi) is 5.78. The summed E-state index contributed by atoms with van der Waals surface area (Å²) in [7, 11) is 0.